The molecule has 0 aromatic heterocycles. The van der Waals surface area contributed by atoms with Crippen LogP contribution in [0.2, 0.25) is 0 Å². The number of aliphatic hydroxyl groups is 1. The van der Waals surface area contributed by atoms with Crippen LogP contribution in [0.4, 0.5) is 0 Å². The van der Waals surface area contributed by atoms with Gasteiger partial charge in [-0.1, -0.05) is 61.2 Å². The third kappa shape index (κ3) is 6.11. The van der Waals surface area contributed by atoms with Gasteiger partial charge < -0.3 is 14.6 Å². The predicted octanol–water partition coefficient (Wildman–Crippen LogP) is 5.45. The molecule has 1 aliphatic heterocycles. The van der Waals surface area contributed by atoms with Crippen molar-refractivity contribution in [2.75, 3.05) is 6.61 Å². The van der Waals surface area contributed by atoms with Crippen LogP contribution < -0.4 is 4.74 Å². The van der Waals surface area contributed by atoms with Crippen LogP contribution in [0.1, 0.15) is 37.8 Å². The second kappa shape index (κ2) is 11.3. The molecule has 6 nitrogen and oxygen atoms in total. The van der Waals surface area contributed by atoms with Crippen molar-refractivity contribution in [3.05, 3.63) is 82.0 Å². The first-order valence-corrected chi connectivity index (χ1v) is 11.2. The third-order valence-electron chi connectivity index (χ3n) is 4.49. The molecule has 0 bridgehead atoms. The zero-order valence-corrected chi connectivity index (χ0v) is 18.9. The van der Waals surface area contributed by atoms with E-state index in [-0.39, 0.29) is 35.3 Å². The van der Waals surface area contributed by atoms with E-state index in [1.54, 1.807) is 13.0 Å². The second-order valence-corrected chi connectivity index (χ2v) is 7.99. The molecule has 0 saturated heterocycles. The maximum absolute atomic E-state index is 12.3. The first kappa shape index (κ1) is 23.3. The molecule has 0 unspecified atom stereocenters. The summed E-state index contributed by atoms with van der Waals surface area (Å²) in [6.45, 7) is 4.17. The average Bonchev–Trinajstić information content (AvgIpc) is 3.08. The van der Waals surface area contributed by atoms with Crippen LogP contribution in [-0.4, -0.2) is 28.6 Å². The van der Waals surface area contributed by atoms with Crippen LogP contribution in [0.15, 0.2) is 75.8 Å². The van der Waals surface area contributed by atoms with E-state index in [9.17, 15) is 14.7 Å². The van der Waals surface area contributed by atoms with E-state index in [1.807, 2.05) is 61.5 Å². The Balaban J connectivity index is 1.79. The van der Waals surface area contributed by atoms with Crippen molar-refractivity contribution < 1.29 is 24.2 Å². The van der Waals surface area contributed by atoms with Gasteiger partial charge in [0.2, 0.25) is 5.91 Å². The Labute approximate surface area is 191 Å². The summed E-state index contributed by atoms with van der Waals surface area (Å²) in [5, 5.41) is 10.8. The number of thioether (sulfide) groups is 1. The molecule has 0 saturated carbocycles. The van der Waals surface area contributed by atoms with Crippen LogP contribution in [0.3, 0.4) is 0 Å². The molecule has 0 aliphatic carbocycles. The number of aliphatic imine (C=N–C) groups is 1. The number of ether oxygens (including phenoxy) is 2. The Kier molecular flexibility index (Phi) is 8.27. The molecule has 1 N–H and O–H groups in total. The summed E-state index contributed by atoms with van der Waals surface area (Å²) in [6.07, 6.45) is 2.64. The van der Waals surface area contributed by atoms with Gasteiger partial charge in [0.25, 0.3) is 0 Å². The van der Waals surface area contributed by atoms with Crippen molar-refractivity contribution in [3.63, 3.8) is 0 Å². The minimum Gasteiger partial charge on any atom is -0.506 e. The predicted molar refractivity (Wildman–Crippen MR) is 126 cm³/mol. The molecule has 0 spiro atoms. The maximum Gasteiger partial charge on any atom is 0.344 e. The fourth-order valence-corrected chi connectivity index (χ4v) is 3.96. The Morgan fingerprint density at radius 3 is 2.44 bits per heavy atom. The average molecular weight is 452 g/mol. The van der Waals surface area contributed by atoms with Gasteiger partial charge in [-0.05, 0) is 42.7 Å². The van der Waals surface area contributed by atoms with E-state index in [2.05, 4.69) is 4.99 Å². The van der Waals surface area contributed by atoms with Crippen molar-refractivity contribution >= 4 is 34.8 Å². The van der Waals surface area contributed by atoms with E-state index in [4.69, 9.17) is 9.47 Å². The van der Waals surface area contributed by atoms with Gasteiger partial charge in [0.15, 0.2) is 0 Å². The Bertz CT molecular complexity index is 1060. The zero-order valence-electron chi connectivity index (χ0n) is 18.0. The van der Waals surface area contributed by atoms with Crippen molar-refractivity contribution in [2.45, 2.75) is 33.3 Å². The minimum atomic E-state index is -0.700. The van der Waals surface area contributed by atoms with Crippen molar-refractivity contribution in [1.29, 1.82) is 0 Å². The molecule has 3 rings (SSSR count). The highest BCUT2D eigenvalue weighted by atomic mass is 32.2. The van der Waals surface area contributed by atoms with Crippen molar-refractivity contribution in [2.24, 2.45) is 4.99 Å². The molecule has 0 fully saturated rings. The lowest BCUT2D eigenvalue weighted by molar-refractivity contribution is -0.138. The first-order valence-electron chi connectivity index (χ1n) is 10.4. The summed E-state index contributed by atoms with van der Waals surface area (Å²) in [7, 11) is 0. The number of aliphatic hydroxyl groups excluding tert-OH is 1. The molecule has 2 aromatic carbocycles. The number of nitrogens with zero attached hydrogens (tertiary/aromatic N) is 1. The zero-order chi connectivity index (χ0) is 22.9. The van der Waals surface area contributed by atoms with E-state index in [0.717, 1.165) is 28.6 Å². The smallest absolute Gasteiger partial charge is 0.344 e. The Morgan fingerprint density at radius 1 is 1.06 bits per heavy atom. The summed E-state index contributed by atoms with van der Waals surface area (Å²) in [5.74, 6) is -0.560. The summed E-state index contributed by atoms with van der Waals surface area (Å²) in [5.41, 5.74) is 1.80. The van der Waals surface area contributed by atoms with Gasteiger partial charge in [0.05, 0.1) is 11.5 Å². The third-order valence-corrected chi connectivity index (χ3v) is 5.51. The molecule has 1 aliphatic rings. The molecule has 2 aromatic rings. The topological polar surface area (TPSA) is 85.2 Å². The van der Waals surface area contributed by atoms with Gasteiger partial charge in [-0.25, -0.2) is 9.79 Å². The van der Waals surface area contributed by atoms with E-state index < -0.39 is 5.97 Å². The minimum absolute atomic E-state index is 0.0737. The highest BCUT2D eigenvalue weighted by Gasteiger charge is 2.33. The Hall–Kier alpha value is -3.32. The Morgan fingerprint density at radius 2 is 1.78 bits per heavy atom. The van der Waals surface area contributed by atoms with E-state index >= 15 is 0 Å². The van der Waals surface area contributed by atoms with Gasteiger partial charge in [0.1, 0.15) is 28.7 Å². The molecule has 1 amide bonds. The normalized spacial score (nSPS) is 15.9. The standard InChI is InChI=1S/C25H25NO5S/c1-3-8-21(27)26-24-22(25(29)30-4-2)23(28)20(32-24)15-17-11-13-19(14-12-17)31-16-18-9-6-5-7-10-18/h5-7,9-15,28H,3-4,8,16H2,1-2H3/b20-15-,26-24?. The molecule has 0 atom stereocenters. The van der Waals surface area contributed by atoms with Crippen molar-refractivity contribution in [1.82, 2.24) is 0 Å². The molecule has 1 heterocycles. The van der Waals surface area contributed by atoms with Gasteiger partial charge in [-0.3, -0.25) is 4.79 Å². The summed E-state index contributed by atoms with van der Waals surface area (Å²) in [6, 6.07) is 17.2. The monoisotopic (exact) mass is 451 g/mol. The SMILES string of the molecule is CCCC(=O)N=C1S/C(=C\c2ccc(OCc3ccccc3)cc2)C(O)=C1C(=O)OCC. The van der Waals surface area contributed by atoms with Gasteiger partial charge in [-0.15, -0.1) is 0 Å². The van der Waals surface area contributed by atoms with Gasteiger partial charge >= 0.3 is 5.97 Å². The second-order valence-electron chi connectivity index (χ2n) is 6.96. The summed E-state index contributed by atoms with van der Waals surface area (Å²) < 4.78 is 10.8. The highest BCUT2D eigenvalue weighted by Crippen LogP contribution is 2.39. The van der Waals surface area contributed by atoms with E-state index in [0.29, 0.717) is 17.9 Å². The lowest BCUT2D eigenvalue weighted by Crippen LogP contribution is -2.14. The van der Waals surface area contributed by atoms with Gasteiger partial charge in [-0.2, -0.15) is 0 Å². The number of esters is 1. The number of benzene rings is 2. The number of carbonyl (C=O) groups excluding carboxylic acids is 2. The van der Waals surface area contributed by atoms with Crippen LogP contribution in [0.25, 0.3) is 6.08 Å². The fraction of sp³-hybridized carbons (Fsp3) is 0.240. The first-order chi connectivity index (χ1) is 15.5. The number of amides is 1. The quantitative estimate of drug-likeness (QED) is 0.537. The molecule has 32 heavy (non-hydrogen) atoms. The molecule has 0 radical (unpaired) electrons. The number of hydrogen-bond acceptors (Lipinski definition) is 6. The van der Waals surface area contributed by atoms with E-state index in [1.165, 1.54) is 0 Å². The number of hydrogen-bond donors (Lipinski definition) is 1. The van der Waals surface area contributed by atoms with Crippen LogP contribution in [0.5, 0.6) is 5.75 Å². The number of carbonyl (C=O) groups is 2. The van der Waals surface area contributed by atoms with Gasteiger partial charge in [0, 0.05) is 6.42 Å². The largest absolute Gasteiger partial charge is 0.506 e. The molecular weight excluding hydrogens is 426 g/mol. The van der Waals surface area contributed by atoms with Crippen molar-refractivity contribution in [3.8, 4) is 5.75 Å². The molecule has 166 valence electrons. The molecule has 7 heteroatoms. The fourth-order valence-electron chi connectivity index (χ4n) is 2.93. The van der Waals surface area contributed by atoms with Crippen LogP contribution >= 0.6 is 11.8 Å². The summed E-state index contributed by atoms with van der Waals surface area (Å²) in [4.78, 5) is 28.8. The maximum atomic E-state index is 12.3. The highest BCUT2D eigenvalue weighted by molar-refractivity contribution is 8.18. The van der Waals surface area contributed by atoms with Crippen LogP contribution in [0, 0.1) is 0 Å². The lowest BCUT2D eigenvalue weighted by atomic mass is 10.1. The molecular formula is C25H25NO5S. The summed E-state index contributed by atoms with van der Waals surface area (Å²) >= 11 is 1.08. The number of rotatable bonds is 8. The van der Waals surface area contributed by atoms with Crippen LogP contribution in [-0.2, 0) is 20.9 Å². The lowest BCUT2D eigenvalue weighted by Gasteiger charge is -2.06.